The first-order valence-corrected chi connectivity index (χ1v) is 9.62. The summed E-state index contributed by atoms with van der Waals surface area (Å²) >= 11 is 0. The first-order valence-electron chi connectivity index (χ1n) is 9.62. The van der Waals surface area contributed by atoms with E-state index in [-0.39, 0.29) is 17.4 Å². The summed E-state index contributed by atoms with van der Waals surface area (Å²) in [4.78, 5) is 24.1. The highest BCUT2D eigenvalue weighted by Gasteiger charge is 2.73. The smallest absolute Gasteiger partial charge is 0.408 e. The molecule has 28 heavy (non-hydrogen) atoms. The second-order valence-electron chi connectivity index (χ2n) is 8.42. The Morgan fingerprint density at radius 1 is 1.04 bits per heavy atom. The molecule has 2 N–H and O–H groups in total. The van der Waals surface area contributed by atoms with Crippen LogP contribution in [0.4, 0.5) is 4.79 Å². The van der Waals surface area contributed by atoms with E-state index in [9.17, 15) is 14.7 Å². The molecule has 3 aliphatic carbocycles. The van der Waals surface area contributed by atoms with Crippen molar-refractivity contribution in [2.45, 2.75) is 51.2 Å². The van der Waals surface area contributed by atoms with Gasteiger partial charge in [0.25, 0.3) is 0 Å². The van der Waals surface area contributed by atoms with Crippen molar-refractivity contribution in [1.82, 2.24) is 5.32 Å². The fourth-order valence-electron chi connectivity index (χ4n) is 5.45. The third-order valence-electron chi connectivity index (χ3n) is 6.42. The van der Waals surface area contributed by atoms with Gasteiger partial charge in [0.05, 0.1) is 0 Å². The molecule has 0 aromatic heterocycles. The average molecular weight is 379 g/mol. The molecule has 0 radical (unpaired) electrons. The lowest BCUT2D eigenvalue weighted by molar-refractivity contribution is -0.183. The molecule has 1 amide bonds. The van der Waals surface area contributed by atoms with Crippen molar-refractivity contribution in [3.05, 3.63) is 70.8 Å². The Hall–Kier alpha value is -2.82. The molecule has 2 aromatic carbocycles. The van der Waals surface area contributed by atoms with Crippen LogP contribution in [0.3, 0.4) is 0 Å². The SMILES string of the molecule is Cc1cccc(C)c1C12CC(C(NC(=O)OCc3ccccc3)C(=O)O)(C1)C2. The van der Waals surface area contributed by atoms with E-state index < -0.39 is 18.1 Å². The monoisotopic (exact) mass is 379 g/mol. The number of carboxylic acid groups (broad SMARTS) is 1. The number of carboxylic acids is 1. The molecule has 1 atom stereocenters. The van der Waals surface area contributed by atoms with Crippen LogP contribution in [-0.2, 0) is 21.6 Å². The minimum atomic E-state index is -0.994. The number of alkyl carbamates (subject to hydrolysis) is 1. The molecule has 5 nitrogen and oxygen atoms in total. The van der Waals surface area contributed by atoms with Gasteiger partial charge < -0.3 is 15.2 Å². The number of ether oxygens (including phenoxy) is 1. The second kappa shape index (κ2) is 6.66. The number of aliphatic carboxylic acids is 1. The lowest BCUT2D eigenvalue weighted by Crippen LogP contribution is -2.73. The Bertz CT molecular complexity index is 881. The molecule has 5 heteroatoms. The number of carbonyl (C=O) groups is 2. The summed E-state index contributed by atoms with van der Waals surface area (Å²) in [7, 11) is 0. The number of benzene rings is 2. The molecule has 0 spiro atoms. The standard InChI is InChI=1S/C23H25NO4/c1-15-7-6-8-16(2)18(15)22-12-23(13-22,14-22)19(20(25)26)24-21(27)28-11-17-9-4-3-5-10-17/h3-10,19H,11-14H2,1-2H3,(H,24,27)(H,25,26). The normalized spacial score (nSPS) is 25.8. The van der Waals surface area contributed by atoms with Crippen molar-refractivity contribution < 1.29 is 19.4 Å². The lowest BCUT2D eigenvalue weighted by atomic mass is 9.31. The molecular weight excluding hydrogens is 354 g/mol. The summed E-state index contributed by atoms with van der Waals surface area (Å²) in [6.45, 7) is 4.35. The van der Waals surface area contributed by atoms with Gasteiger partial charge in [0.1, 0.15) is 12.6 Å². The summed E-state index contributed by atoms with van der Waals surface area (Å²) in [5.74, 6) is -0.994. The van der Waals surface area contributed by atoms with Crippen LogP contribution in [0.1, 0.15) is 41.5 Å². The van der Waals surface area contributed by atoms with Gasteiger partial charge >= 0.3 is 12.1 Å². The lowest BCUT2D eigenvalue weighted by Gasteiger charge is -2.73. The van der Waals surface area contributed by atoms with E-state index in [4.69, 9.17) is 4.74 Å². The molecule has 0 aliphatic heterocycles. The van der Waals surface area contributed by atoms with Crippen LogP contribution in [0, 0.1) is 19.3 Å². The maximum absolute atomic E-state index is 12.2. The molecule has 146 valence electrons. The molecule has 0 saturated heterocycles. The van der Waals surface area contributed by atoms with E-state index in [1.54, 1.807) is 0 Å². The topological polar surface area (TPSA) is 75.6 Å². The zero-order valence-electron chi connectivity index (χ0n) is 16.2. The van der Waals surface area contributed by atoms with Crippen molar-refractivity contribution in [2.75, 3.05) is 0 Å². The predicted molar refractivity (Wildman–Crippen MR) is 105 cm³/mol. The van der Waals surface area contributed by atoms with Crippen molar-refractivity contribution in [3.8, 4) is 0 Å². The Labute approximate surface area is 164 Å². The van der Waals surface area contributed by atoms with Gasteiger partial charge in [-0.25, -0.2) is 9.59 Å². The summed E-state index contributed by atoms with van der Waals surface area (Å²) < 4.78 is 5.22. The second-order valence-corrected chi connectivity index (χ2v) is 8.42. The third kappa shape index (κ3) is 2.95. The van der Waals surface area contributed by atoms with Crippen molar-refractivity contribution in [2.24, 2.45) is 5.41 Å². The Morgan fingerprint density at radius 2 is 1.64 bits per heavy atom. The number of hydrogen-bond acceptors (Lipinski definition) is 3. The molecular formula is C23H25NO4. The largest absolute Gasteiger partial charge is 0.480 e. The van der Waals surface area contributed by atoms with Crippen LogP contribution < -0.4 is 5.32 Å². The minimum absolute atomic E-state index is 0.0682. The van der Waals surface area contributed by atoms with Gasteiger partial charge in [0.2, 0.25) is 0 Å². The predicted octanol–water partition coefficient (Wildman–Crippen LogP) is 4.10. The number of rotatable bonds is 6. The molecule has 2 aromatic rings. The van der Waals surface area contributed by atoms with Crippen LogP contribution in [0.2, 0.25) is 0 Å². The summed E-state index contributed by atoms with van der Waals surface area (Å²) in [6, 6.07) is 14.7. The third-order valence-corrected chi connectivity index (χ3v) is 6.42. The van der Waals surface area contributed by atoms with Crippen molar-refractivity contribution >= 4 is 12.1 Å². The number of aryl methyl sites for hydroxylation is 2. The Morgan fingerprint density at radius 3 is 2.21 bits per heavy atom. The Balaban J connectivity index is 1.41. The molecule has 3 aliphatic rings. The fourth-order valence-corrected chi connectivity index (χ4v) is 5.45. The number of carbonyl (C=O) groups excluding carboxylic acids is 1. The van der Waals surface area contributed by atoms with Gasteiger partial charge in [0, 0.05) is 5.41 Å². The van der Waals surface area contributed by atoms with E-state index in [0.717, 1.165) is 24.8 Å². The van der Waals surface area contributed by atoms with E-state index in [2.05, 4.69) is 37.4 Å². The van der Waals surface area contributed by atoms with E-state index in [1.807, 2.05) is 30.3 Å². The molecule has 2 bridgehead atoms. The van der Waals surface area contributed by atoms with Crippen LogP contribution in [0.5, 0.6) is 0 Å². The van der Waals surface area contributed by atoms with Crippen LogP contribution >= 0.6 is 0 Å². The minimum Gasteiger partial charge on any atom is -0.480 e. The summed E-state index contributed by atoms with van der Waals surface area (Å²) in [5.41, 5.74) is 4.44. The quantitative estimate of drug-likeness (QED) is 0.792. The highest BCUT2D eigenvalue weighted by Crippen LogP contribution is 2.75. The molecule has 3 saturated carbocycles. The molecule has 0 heterocycles. The van der Waals surface area contributed by atoms with Gasteiger partial charge in [-0.1, -0.05) is 48.5 Å². The average Bonchev–Trinajstić information content (AvgIpc) is 2.60. The Kier molecular flexibility index (Phi) is 4.41. The van der Waals surface area contributed by atoms with Gasteiger partial charge in [-0.15, -0.1) is 0 Å². The molecule has 5 rings (SSSR count). The fraction of sp³-hybridized carbons (Fsp3) is 0.391. The summed E-state index contributed by atoms with van der Waals surface area (Å²) in [5, 5.41) is 12.3. The van der Waals surface area contributed by atoms with E-state index >= 15 is 0 Å². The van der Waals surface area contributed by atoms with Gasteiger partial charge in [0.15, 0.2) is 0 Å². The van der Waals surface area contributed by atoms with Gasteiger partial charge in [-0.3, -0.25) is 0 Å². The number of amides is 1. The first kappa shape index (κ1) is 18.5. The molecule has 3 fully saturated rings. The maximum Gasteiger partial charge on any atom is 0.408 e. The van der Waals surface area contributed by atoms with Crippen LogP contribution in [0.25, 0.3) is 0 Å². The van der Waals surface area contributed by atoms with Crippen molar-refractivity contribution in [3.63, 3.8) is 0 Å². The van der Waals surface area contributed by atoms with E-state index in [1.165, 1.54) is 16.7 Å². The molecule has 1 unspecified atom stereocenters. The maximum atomic E-state index is 12.2. The zero-order chi connectivity index (χ0) is 19.9. The highest BCUT2D eigenvalue weighted by atomic mass is 16.5. The highest BCUT2D eigenvalue weighted by molar-refractivity contribution is 5.82. The van der Waals surface area contributed by atoms with Crippen molar-refractivity contribution in [1.29, 1.82) is 0 Å². The van der Waals surface area contributed by atoms with Gasteiger partial charge in [-0.05, 0) is 60.8 Å². The van der Waals surface area contributed by atoms with E-state index in [0.29, 0.717) is 0 Å². The number of nitrogens with one attached hydrogen (secondary N) is 1. The first-order chi connectivity index (χ1) is 13.4. The van der Waals surface area contributed by atoms with Crippen LogP contribution in [-0.4, -0.2) is 23.2 Å². The number of hydrogen-bond donors (Lipinski definition) is 2. The van der Waals surface area contributed by atoms with Gasteiger partial charge in [-0.2, -0.15) is 0 Å². The summed E-state index contributed by atoms with van der Waals surface area (Å²) in [6.07, 6.45) is 1.70. The van der Waals surface area contributed by atoms with Crippen LogP contribution in [0.15, 0.2) is 48.5 Å². The zero-order valence-corrected chi connectivity index (χ0v) is 16.2.